The number of aliphatic carboxylic acids is 1. The highest BCUT2D eigenvalue weighted by Crippen LogP contribution is 2.21. The molecule has 0 aromatic heterocycles. The monoisotopic (exact) mass is 205 g/mol. The van der Waals surface area contributed by atoms with Crippen molar-refractivity contribution in [3.8, 4) is 5.75 Å². The fourth-order valence-corrected chi connectivity index (χ4v) is 0.968. The van der Waals surface area contributed by atoms with Gasteiger partial charge in [-0.1, -0.05) is 0 Å². The van der Waals surface area contributed by atoms with Gasteiger partial charge in [-0.25, -0.2) is 4.39 Å². The second kappa shape index (κ2) is 4.04. The smallest absolute Gasteiger partial charge is 0.307 e. The zero-order valence-corrected chi connectivity index (χ0v) is 6.88. The molecular weight excluding hydrogens is 194 g/mol. The van der Waals surface area contributed by atoms with Crippen molar-refractivity contribution < 1.29 is 27.5 Å². The molecule has 0 radical (unpaired) electrons. The summed E-state index contributed by atoms with van der Waals surface area (Å²) in [5, 5.41) is 8.48. The number of carbonyl (C=O) groups is 1. The molecule has 3 nitrogen and oxygen atoms in total. The molecule has 0 saturated heterocycles. The average molecular weight is 205 g/mol. The Balaban J connectivity index is 3.11. The molecule has 1 aromatic carbocycles. The fourth-order valence-electron chi connectivity index (χ4n) is 0.968. The van der Waals surface area contributed by atoms with Gasteiger partial charge in [0, 0.05) is 0 Å². The van der Waals surface area contributed by atoms with E-state index in [4.69, 9.17) is 9.22 Å². The Kier molecular flexibility index (Phi) is 1.95. The number of methoxy groups -OCH3 is 1. The molecule has 0 aliphatic carbocycles. The molecule has 14 heavy (non-hydrogen) atoms. The largest absolute Gasteiger partial charge is 0.494 e. The minimum absolute atomic E-state index is 0.0874. The van der Waals surface area contributed by atoms with Crippen LogP contribution in [0, 0.1) is 11.6 Å². The van der Waals surface area contributed by atoms with Crippen molar-refractivity contribution >= 4 is 5.97 Å². The number of carboxylic acids is 1. The van der Waals surface area contributed by atoms with Gasteiger partial charge < -0.3 is 9.84 Å². The lowest BCUT2D eigenvalue weighted by Crippen LogP contribution is -2.02. The van der Waals surface area contributed by atoms with Gasteiger partial charge in [0.25, 0.3) is 0 Å². The quantitative estimate of drug-likeness (QED) is 0.815. The van der Waals surface area contributed by atoms with Gasteiger partial charge in [0.15, 0.2) is 11.6 Å². The van der Waals surface area contributed by atoms with Crippen molar-refractivity contribution in [3.63, 3.8) is 0 Å². The van der Waals surface area contributed by atoms with Crippen LogP contribution in [0.15, 0.2) is 12.1 Å². The first-order chi connectivity index (χ1) is 7.69. The maximum atomic E-state index is 13.2. The Labute approximate surface area is 83.1 Å². The van der Waals surface area contributed by atoms with Crippen LogP contribution in [-0.2, 0) is 11.2 Å². The zero-order chi connectivity index (χ0) is 13.2. The van der Waals surface area contributed by atoms with Crippen molar-refractivity contribution in [3.05, 3.63) is 29.3 Å². The Morgan fingerprint density at radius 3 is 2.93 bits per heavy atom. The summed E-state index contributed by atoms with van der Waals surface area (Å²) >= 11 is 0. The summed E-state index contributed by atoms with van der Waals surface area (Å²) in [6, 6.07) is 1.52. The Morgan fingerprint density at radius 2 is 2.36 bits per heavy atom. The minimum atomic E-state index is -2.94. The van der Waals surface area contributed by atoms with Crippen LogP contribution in [0.1, 0.15) is 9.68 Å². The summed E-state index contributed by atoms with van der Waals surface area (Å²) in [5.74, 6) is -4.91. The van der Waals surface area contributed by atoms with Crippen LogP contribution < -0.4 is 4.74 Å². The van der Waals surface area contributed by atoms with Crippen LogP contribution in [0.4, 0.5) is 8.78 Å². The number of halogens is 2. The van der Waals surface area contributed by atoms with E-state index < -0.39 is 36.8 Å². The van der Waals surface area contributed by atoms with E-state index in [1.165, 1.54) is 0 Å². The summed E-state index contributed by atoms with van der Waals surface area (Å²) in [7, 11) is -2.94. The Morgan fingerprint density at radius 1 is 1.64 bits per heavy atom. The van der Waals surface area contributed by atoms with E-state index >= 15 is 0 Å². The molecule has 0 heterocycles. The van der Waals surface area contributed by atoms with Crippen LogP contribution in [0.3, 0.4) is 0 Å². The SMILES string of the molecule is [2H]C([2H])([2H])Oc1cc(CC(=O)O)cc(F)c1F. The maximum absolute atomic E-state index is 13.2. The van der Waals surface area contributed by atoms with E-state index in [1.54, 1.807) is 0 Å². The third-order valence-electron chi connectivity index (χ3n) is 1.52. The van der Waals surface area contributed by atoms with Gasteiger partial charge in [-0.15, -0.1) is 0 Å². The van der Waals surface area contributed by atoms with Gasteiger partial charge in [-0.05, 0) is 17.7 Å². The van der Waals surface area contributed by atoms with Crippen molar-refractivity contribution in [2.24, 2.45) is 0 Å². The van der Waals surface area contributed by atoms with Crippen LogP contribution in [0.25, 0.3) is 0 Å². The lowest BCUT2D eigenvalue weighted by molar-refractivity contribution is -0.136. The third-order valence-corrected chi connectivity index (χ3v) is 1.52. The second-order valence-electron chi connectivity index (χ2n) is 2.56. The first kappa shape index (κ1) is 6.75. The van der Waals surface area contributed by atoms with Crippen LogP contribution in [0.2, 0.25) is 0 Å². The standard InChI is InChI=1S/C9H8F2O3/c1-14-7-3-5(4-8(12)13)2-6(10)9(7)11/h2-3H,4H2,1H3,(H,12,13)/i1D3. The van der Waals surface area contributed by atoms with Crippen molar-refractivity contribution in [1.29, 1.82) is 0 Å². The molecule has 0 aliphatic rings. The van der Waals surface area contributed by atoms with E-state index in [2.05, 4.69) is 4.74 Å². The molecule has 0 atom stereocenters. The van der Waals surface area contributed by atoms with Gasteiger partial charge in [0.2, 0.25) is 5.82 Å². The van der Waals surface area contributed by atoms with Crippen LogP contribution >= 0.6 is 0 Å². The average Bonchev–Trinajstić information content (AvgIpc) is 2.09. The number of carboxylic acid groups (broad SMARTS) is 1. The van der Waals surface area contributed by atoms with Crippen LogP contribution in [-0.4, -0.2) is 18.1 Å². The predicted molar refractivity (Wildman–Crippen MR) is 44.2 cm³/mol. The molecule has 0 unspecified atom stereocenters. The summed E-state index contributed by atoms with van der Waals surface area (Å²) in [5.41, 5.74) is -0.0874. The third kappa shape index (κ3) is 2.18. The topological polar surface area (TPSA) is 46.5 Å². The molecule has 5 heteroatoms. The first-order valence-electron chi connectivity index (χ1n) is 5.08. The lowest BCUT2D eigenvalue weighted by Gasteiger charge is -2.04. The number of benzene rings is 1. The maximum Gasteiger partial charge on any atom is 0.307 e. The highest BCUT2D eigenvalue weighted by molar-refractivity contribution is 5.70. The zero-order valence-electron chi connectivity index (χ0n) is 9.88. The number of hydrogen-bond donors (Lipinski definition) is 1. The highest BCUT2D eigenvalue weighted by Gasteiger charge is 2.12. The first-order valence-corrected chi connectivity index (χ1v) is 3.58. The van der Waals surface area contributed by atoms with E-state index in [1.807, 2.05) is 0 Å². The molecule has 1 aromatic rings. The molecular formula is C9H8F2O3. The molecule has 0 saturated carbocycles. The summed E-state index contributed by atoms with van der Waals surface area (Å²) in [4.78, 5) is 10.4. The Hall–Kier alpha value is -1.65. The van der Waals surface area contributed by atoms with Gasteiger partial charge in [0.1, 0.15) is 0 Å². The number of hydrogen-bond acceptors (Lipinski definition) is 2. The molecule has 0 fully saturated rings. The molecule has 1 rings (SSSR count). The normalized spacial score (nSPS) is 14.0. The number of ether oxygens (including phenoxy) is 1. The summed E-state index contributed by atoms with van der Waals surface area (Å²) in [6.45, 7) is 0. The number of rotatable bonds is 3. The van der Waals surface area contributed by atoms with E-state index in [-0.39, 0.29) is 5.56 Å². The second-order valence-corrected chi connectivity index (χ2v) is 2.56. The molecule has 0 aliphatic heterocycles. The highest BCUT2D eigenvalue weighted by atomic mass is 19.2. The predicted octanol–water partition coefficient (Wildman–Crippen LogP) is 1.60. The van der Waals surface area contributed by atoms with E-state index in [0.29, 0.717) is 6.07 Å². The summed E-state index contributed by atoms with van der Waals surface area (Å²) in [6.07, 6.45) is -0.561. The minimum Gasteiger partial charge on any atom is -0.494 e. The molecule has 76 valence electrons. The Bertz CT molecular complexity index is 446. The fraction of sp³-hybridized carbons (Fsp3) is 0.222. The van der Waals surface area contributed by atoms with Crippen molar-refractivity contribution in [2.75, 3.05) is 7.04 Å². The van der Waals surface area contributed by atoms with Crippen molar-refractivity contribution in [2.45, 2.75) is 6.42 Å². The van der Waals surface area contributed by atoms with Crippen molar-refractivity contribution in [1.82, 2.24) is 0 Å². The van der Waals surface area contributed by atoms with Gasteiger partial charge in [-0.3, -0.25) is 4.79 Å². The van der Waals surface area contributed by atoms with Gasteiger partial charge in [0.05, 0.1) is 17.6 Å². The van der Waals surface area contributed by atoms with E-state index in [0.717, 1.165) is 6.07 Å². The van der Waals surface area contributed by atoms with Gasteiger partial charge in [-0.2, -0.15) is 4.39 Å². The molecule has 1 N–H and O–H groups in total. The van der Waals surface area contributed by atoms with E-state index in [9.17, 15) is 13.6 Å². The molecule has 0 spiro atoms. The van der Waals surface area contributed by atoms with Crippen LogP contribution in [0.5, 0.6) is 5.75 Å². The lowest BCUT2D eigenvalue weighted by atomic mass is 10.1. The summed E-state index contributed by atoms with van der Waals surface area (Å²) < 4.78 is 50.7. The van der Waals surface area contributed by atoms with Gasteiger partial charge >= 0.3 is 5.97 Å². The molecule has 0 amide bonds. The molecule has 0 bridgehead atoms.